The zero-order valence-electron chi connectivity index (χ0n) is 17.5. The standard InChI is InChI=1S/C25H30O3/c1-17-8-6-9-21(12-17)14-24(18(2)26)15-22-10-7-11-23(13-22)16-25(5,19(3)27)20(4)28/h6-13,24H,14-16H2,1-5H3. The molecule has 3 heteroatoms. The van der Waals surface area contributed by atoms with E-state index in [1.54, 1.807) is 13.8 Å². The second-order valence-electron chi connectivity index (χ2n) is 8.15. The lowest BCUT2D eigenvalue weighted by Crippen LogP contribution is -2.35. The summed E-state index contributed by atoms with van der Waals surface area (Å²) >= 11 is 0. The van der Waals surface area contributed by atoms with E-state index in [0.717, 1.165) is 16.7 Å². The van der Waals surface area contributed by atoms with Gasteiger partial charge in [-0.1, -0.05) is 54.1 Å². The van der Waals surface area contributed by atoms with Gasteiger partial charge in [0.15, 0.2) is 0 Å². The Labute approximate surface area is 168 Å². The maximum absolute atomic E-state index is 12.2. The van der Waals surface area contributed by atoms with Crippen LogP contribution >= 0.6 is 0 Å². The summed E-state index contributed by atoms with van der Waals surface area (Å²) in [6.07, 6.45) is 1.74. The lowest BCUT2D eigenvalue weighted by molar-refractivity contribution is -0.137. The molecular formula is C25H30O3. The second-order valence-corrected chi connectivity index (χ2v) is 8.15. The van der Waals surface area contributed by atoms with Gasteiger partial charge in [-0.2, -0.15) is 0 Å². The van der Waals surface area contributed by atoms with Crippen LogP contribution in [0.5, 0.6) is 0 Å². The van der Waals surface area contributed by atoms with E-state index in [1.165, 1.54) is 19.4 Å². The Kier molecular flexibility index (Phi) is 7.06. The minimum Gasteiger partial charge on any atom is -0.300 e. The fraction of sp³-hybridized carbons (Fsp3) is 0.400. The summed E-state index contributed by atoms with van der Waals surface area (Å²) in [6, 6.07) is 16.2. The van der Waals surface area contributed by atoms with Gasteiger partial charge in [0.1, 0.15) is 17.3 Å². The van der Waals surface area contributed by atoms with Gasteiger partial charge < -0.3 is 0 Å². The first-order chi connectivity index (χ1) is 13.1. The molecule has 1 atom stereocenters. The van der Waals surface area contributed by atoms with E-state index in [0.29, 0.717) is 19.3 Å². The molecule has 0 aliphatic rings. The van der Waals surface area contributed by atoms with Crippen molar-refractivity contribution < 1.29 is 14.4 Å². The van der Waals surface area contributed by atoms with Gasteiger partial charge in [0.25, 0.3) is 0 Å². The van der Waals surface area contributed by atoms with Crippen molar-refractivity contribution in [3.8, 4) is 0 Å². The molecule has 0 fully saturated rings. The van der Waals surface area contributed by atoms with E-state index >= 15 is 0 Å². The molecule has 0 heterocycles. The van der Waals surface area contributed by atoms with Crippen LogP contribution in [0.2, 0.25) is 0 Å². The van der Waals surface area contributed by atoms with Crippen LogP contribution in [0.15, 0.2) is 48.5 Å². The van der Waals surface area contributed by atoms with Crippen LogP contribution in [0.4, 0.5) is 0 Å². The molecule has 0 aliphatic carbocycles. The summed E-state index contributed by atoms with van der Waals surface area (Å²) in [7, 11) is 0. The molecule has 28 heavy (non-hydrogen) atoms. The van der Waals surface area contributed by atoms with E-state index in [-0.39, 0.29) is 23.3 Å². The van der Waals surface area contributed by atoms with E-state index < -0.39 is 5.41 Å². The van der Waals surface area contributed by atoms with Crippen LogP contribution in [0.1, 0.15) is 49.9 Å². The number of Topliss-reactive ketones (excluding diaryl/α,β-unsaturated/α-hetero) is 3. The Hall–Kier alpha value is -2.55. The number of carbonyl (C=O) groups is 3. The maximum Gasteiger partial charge on any atom is 0.143 e. The number of aryl methyl sites for hydroxylation is 1. The molecule has 0 aromatic heterocycles. The van der Waals surface area contributed by atoms with Gasteiger partial charge in [0.2, 0.25) is 0 Å². The Morgan fingerprint density at radius 1 is 0.821 bits per heavy atom. The van der Waals surface area contributed by atoms with Crippen molar-refractivity contribution in [1.29, 1.82) is 0 Å². The van der Waals surface area contributed by atoms with E-state index in [9.17, 15) is 14.4 Å². The molecule has 0 amide bonds. The van der Waals surface area contributed by atoms with Gasteiger partial charge in [-0.05, 0) is 70.6 Å². The highest BCUT2D eigenvalue weighted by atomic mass is 16.2. The Morgan fingerprint density at radius 3 is 1.82 bits per heavy atom. The molecule has 0 N–H and O–H groups in total. The maximum atomic E-state index is 12.2. The average Bonchev–Trinajstić information content (AvgIpc) is 2.61. The van der Waals surface area contributed by atoms with Gasteiger partial charge in [-0.3, -0.25) is 14.4 Å². The van der Waals surface area contributed by atoms with Crippen molar-refractivity contribution in [3.05, 3.63) is 70.8 Å². The number of ketones is 3. The fourth-order valence-electron chi connectivity index (χ4n) is 3.54. The molecular weight excluding hydrogens is 348 g/mol. The summed E-state index contributed by atoms with van der Waals surface area (Å²) in [5.41, 5.74) is 3.36. The molecule has 0 saturated heterocycles. The third kappa shape index (κ3) is 5.48. The Balaban J connectivity index is 2.20. The Morgan fingerprint density at radius 2 is 1.32 bits per heavy atom. The highest BCUT2D eigenvalue weighted by Crippen LogP contribution is 2.26. The van der Waals surface area contributed by atoms with E-state index in [4.69, 9.17) is 0 Å². The molecule has 0 bridgehead atoms. The van der Waals surface area contributed by atoms with Gasteiger partial charge in [0.05, 0.1) is 5.41 Å². The first-order valence-corrected chi connectivity index (χ1v) is 9.77. The number of hydrogen-bond donors (Lipinski definition) is 0. The van der Waals surface area contributed by atoms with Crippen LogP contribution in [0, 0.1) is 18.3 Å². The van der Waals surface area contributed by atoms with Crippen molar-refractivity contribution in [2.24, 2.45) is 11.3 Å². The molecule has 3 nitrogen and oxygen atoms in total. The second kappa shape index (κ2) is 9.09. The number of rotatable bonds is 9. The van der Waals surface area contributed by atoms with Crippen LogP contribution in [0.25, 0.3) is 0 Å². The van der Waals surface area contributed by atoms with E-state index in [1.807, 2.05) is 30.3 Å². The summed E-state index contributed by atoms with van der Waals surface area (Å²) in [6.45, 7) is 8.35. The topological polar surface area (TPSA) is 51.2 Å². The number of carbonyl (C=O) groups excluding carboxylic acids is 3. The molecule has 148 valence electrons. The van der Waals surface area contributed by atoms with Crippen molar-refractivity contribution in [1.82, 2.24) is 0 Å². The smallest absolute Gasteiger partial charge is 0.143 e. The van der Waals surface area contributed by atoms with Crippen molar-refractivity contribution in [3.63, 3.8) is 0 Å². The van der Waals surface area contributed by atoms with Crippen LogP contribution < -0.4 is 0 Å². The molecule has 2 rings (SSSR count). The molecule has 0 aliphatic heterocycles. The molecule has 0 spiro atoms. The fourth-order valence-corrected chi connectivity index (χ4v) is 3.54. The highest BCUT2D eigenvalue weighted by molar-refractivity contribution is 6.04. The van der Waals surface area contributed by atoms with Crippen LogP contribution in [0.3, 0.4) is 0 Å². The normalized spacial score (nSPS) is 12.5. The minimum atomic E-state index is -1.000. The zero-order chi connectivity index (χ0) is 20.9. The van der Waals surface area contributed by atoms with Crippen molar-refractivity contribution >= 4 is 17.3 Å². The SMILES string of the molecule is CC(=O)C(Cc1cccc(C)c1)Cc1cccc(CC(C)(C(C)=O)C(C)=O)c1. The lowest BCUT2D eigenvalue weighted by atomic mass is 9.76. The summed E-state index contributed by atoms with van der Waals surface area (Å²) < 4.78 is 0. The largest absolute Gasteiger partial charge is 0.300 e. The summed E-state index contributed by atoms with van der Waals surface area (Å²) in [5, 5.41) is 0. The van der Waals surface area contributed by atoms with Gasteiger partial charge in [-0.15, -0.1) is 0 Å². The zero-order valence-corrected chi connectivity index (χ0v) is 17.5. The minimum absolute atomic E-state index is 0.0935. The van der Waals surface area contributed by atoms with Gasteiger partial charge in [0, 0.05) is 5.92 Å². The quantitative estimate of drug-likeness (QED) is 0.594. The van der Waals surface area contributed by atoms with Crippen molar-refractivity contribution in [2.75, 3.05) is 0 Å². The predicted molar refractivity (Wildman–Crippen MR) is 112 cm³/mol. The molecule has 0 radical (unpaired) electrons. The Bertz CT molecular complexity index is 865. The highest BCUT2D eigenvalue weighted by Gasteiger charge is 2.35. The molecule has 0 saturated carbocycles. The first-order valence-electron chi connectivity index (χ1n) is 9.77. The van der Waals surface area contributed by atoms with Crippen molar-refractivity contribution in [2.45, 2.75) is 53.9 Å². The third-order valence-corrected chi connectivity index (χ3v) is 5.72. The monoisotopic (exact) mass is 378 g/mol. The summed E-state index contributed by atoms with van der Waals surface area (Å²) in [4.78, 5) is 36.3. The average molecular weight is 379 g/mol. The molecule has 2 aromatic rings. The molecule has 1 unspecified atom stereocenters. The van der Waals surface area contributed by atoms with Gasteiger partial charge >= 0.3 is 0 Å². The van der Waals surface area contributed by atoms with E-state index in [2.05, 4.69) is 25.1 Å². The number of benzene rings is 2. The van der Waals surface area contributed by atoms with Crippen LogP contribution in [-0.4, -0.2) is 17.3 Å². The number of hydrogen-bond acceptors (Lipinski definition) is 3. The van der Waals surface area contributed by atoms with Gasteiger partial charge in [-0.25, -0.2) is 0 Å². The lowest BCUT2D eigenvalue weighted by Gasteiger charge is -2.24. The third-order valence-electron chi connectivity index (χ3n) is 5.72. The predicted octanol–water partition coefficient (Wildman–Crippen LogP) is 4.71. The summed E-state index contributed by atoms with van der Waals surface area (Å²) in [5.74, 6) is -0.161. The first kappa shape index (κ1) is 21.7. The van der Waals surface area contributed by atoms with Crippen LogP contribution in [-0.2, 0) is 33.6 Å². The molecule has 2 aromatic carbocycles.